The van der Waals surface area contributed by atoms with Crippen molar-refractivity contribution in [1.82, 2.24) is 0 Å². The number of hydrogen-bond acceptors (Lipinski definition) is 4. The van der Waals surface area contributed by atoms with Crippen molar-refractivity contribution in [3.63, 3.8) is 0 Å². The van der Waals surface area contributed by atoms with E-state index in [2.05, 4.69) is 13.0 Å². The van der Waals surface area contributed by atoms with Gasteiger partial charge in [-0.05, 0) is 68.8 Å². The van der Waals surface area contributed by atoms with Crippen LogP contribution in [-0.4, -0.2) is 34.5 Å². The number of aliphatic hydroxyl groups is 1. The largest absolute Gasteiger partial charge is 0.462 e. The number of esters is 1. The van der Waals surface area contributed by atoms with E-state index in [0.29, 0.717) is 11.8 Å². The van der Waals surface area contributed by atoms with Crippen LogP contribution in [-0.2, 0) is 14.3 Å². The molecule has 0 radical (unpaired) electrons. The van der Waals surface area contributed by atoms with E-state index in [4.69, 9.17) is 9.47 Å². The zero-order chi connectivity index (χ0) is 16.7. The summed E-state index contributed by atoms with van der Waals surface area (Å²) in [7, 11) is 0. The summed E-state index contributed by atoms with van der Waals surface area (Å²) >= 11 is 0. The topological polar surface area (TPSA) is 59.1 Å². The van der Waals surface area contributed by atoms with Gasteiger partial charge in [0.25, 0.3) is 0 Å². The zero-order valence-electron chi connectivity index (χ0n) is 14.7. The van der Waals surface area contributed by atoms with E-state index >= 15 is 0 Å². The SMILES string of the molecule is CC(=O)OC1CCC2C3CCC4=CC(O)CCC45OC35CCC12C. The molecule has 0 aromatic heterocycles. The van der Waals surface area contributed by atoms with E-state index in [1.807, 2.05) is 0 Å². The molecule has 5 rings (SSSR count). The molecule has 0 amide bonds. The average Bonchev–Trinajstić information content (AvgIpc) is 3.10. The predicted octanol–water partition coefficient (Wildman–Crippen LogP) is 3.13. The Labute approximate surface area is 143 Å². The van der Waals surface area contributed by atoms with E-state index in [-0.39, 0.29) is 34.8 Å². The highest BCUT2D eigenvalue weighted by atomic mass is 16.6. The molecule has 24 heavy (non-hydrogen) atoms. The quantitative estimate of drug-likeness (QED) is 0.455. The Morgan fingerprint density at radius 1 is 1.21 bits per heavy atom. The second kappa shape index (κ2) is 4.64. The molecular formula is C20H28O4. The van der Waals surface area contributed by atoms with E-state index in [9.17, 15) is 9.90 Å². The van der Waals surface area contributed by atoms with Crippen LogP contribution in [0.25, 0.3) is 0 Å². The maximum Gasteiger partial charge on any atom is 0.302 e. The molecule has 0 bridgehead atoms. The Kier molecular flexibility index (Phi) is 2.98. The van der Waals surface area contributed by atoms with Crippen LogP contribution in [0.1, 0.15) is 65.2 Å². The van der Waals surface area contributed by atoms with Crippen LogP contribution >= 0.6 is 0 Å². The first-order chi connectivity index (χ1) is 11.4. The van der Waals surface area contributed by atoms with Crippen molar-refractivity contribution in [2.75, 3.05) is 0 Å². The van der Waals surface area contributed by atoms with Gasteiger partial charge in [-0.15, -0.1) is 0 Å². The molecule has 4 nitrogen and oxygen atoms in total. The van der Waals surface area contributed by atoms with Crippen LogP contribution in [0, 0.1) is 17.3 Å². The second-order valence-electron chi connectivity index (χ2n) is 9.05. The van der Waals surface area contributed by atoms with Gasteiger partial charge >= 0.3 is 5.97 Å². The third-order valence-electron chi connectivity index (χ3n) is 8.18. The van der Waals surface area contributed by atoms with E-state index in [1.165, 1.54) is 12.5 Å². The molecule has 132 valence electrons. The molecule has 7 unspecified atom stereocenters. The molecule has 1 saturated heterocycles. The minimum atomic E-state index is -0.280. The third-order valence-corrected chi connectivity index (χ3v) is 8.18. The third kappa shape index (κ3) is 1.69. The fourth-order valence-corrected chi connectivity index (χ4v) is 7.10. The molecule has 5 aliphatic rings. The van der Waals surface area contributed by atoms with E-state index in [1.54, 1.807) is 0 Å². The highest BCUT2D eigenvalue weighted by molar-refractivity contribution is 5.66. The number of hydrogen-bond donors (Lipinski definition) is 1. The lowest BCUT2D eigenvalue weighted by Crippen LogP contribution is -2.53. The number of rotatable bonds is 1. The first-order valence-corrected chi connectivity index (χ1v) is 9.68. The molecule has 1 heterocycles. The summed E-state index contributed by atoms with van der Waals surface area (Å²) in [6, 6.07) is 0. The molecule has 1 aliphatic heterocycles. The Morgan fingerprint density at radius 2 is 2.04 bits per heavy atom. The number of carbonyl (C=O) groups is 1. The fourth-order valence-electron chi connectivity index (χ4n) is 7.10. The summed E-state index contributed by atoms with van der Waals surface area (Å²) in [5, 5.41) is 10.0. The summed E-state index contributed by atoms with van der Waals surface area (Å²) in [6.45, 7) is 3.88. The lowest BCUT2D eigenvalue weighted by atomic mass is 9.52. The van der Waals surface area contributed by atoms with Crippen LogP contribution in [0.3, 0.4) is 0 Å². The molecule has 0 aromatic carbocycles. The monoisotopic (exact) mass is 332 g/mol. The molecular weight excluding hydrogens is 304 g/mol. The highest BCUT2D eigenvalue weighted by Crippen LogP contribution is 2.74. The van der Waals surface area contributed by atoms with E-state index in [0.717, 1.165) is 51.4 Å². The normalized spacial score (nSPS) is 54.7. The van der Waals surface area contributed by atoms with Gasteiger partial charge in [-0.1, -0.05) is 13.0 Å². The molecule has 7 atom stereocenters. The molecule has 4 aliphatic carbocycles. The summed E-state index contributed by atoms with van der Waals surface area (Å²) in [6.07, 6.45) is 10.2. The maximum atomic E-state index is 11.5. The molecule has 4 heteroatoms. The summed E-state index contributed by atoms with van der Waals surface area (Å²) < 4.78 is 12.3. The highest BCUT2D eigenvalue weighted by Gasteiger charge is 2.79. The van der Waals surface area contributed by atoms with E-state index < -0.39 is 0 Å². The Morgan fingerprint density at radius 3 is 2.83 bits per heavy atom. The minimum absolute atomic E-state index is 0.0204. The van der Waals surface area contributed by atoms with Gasteiger partial charge in [0, 0.05) is 12.3 Å². The van der Waals surface area contributed by atoms with Crippen molar-refractivity contribution < 1.29 is 19.4 Å². The van der Waals surface area contributed by atoms with Gasteiger partial charge in [-0.3, -0.25) is 4.79 Å². The molecule has 1 N–H and O–H groups in total. The van der Waals surface area contributed by atoms with Gasteiger partial charge in [0.2, 0.25) is 0 Å². The van der Waals surface area contributed by atoms with Gasteiger partial charge in [0.1, 0.15) is 17.3 Å². The first-order valence-electron chi connectivity index (χ1n) is 9.68. The minimum Gasteiger partial charge on any atom is -0.462 e. The van der Waals surface area contributed by atoms with Crippen molar-refractivity contribution in [3.05, 3.63) is 11.6 Å². The van der Waals surface area contributed by atoms with Gasteiger partial charge in [0.15, 0.2) is 0 Å². The lowest BCUT2D eigenvalue weighted by Gasteiger charge is -2.50. The number of carbonyl (C=O) groups excluding carboxylic acids is 1. The summed E-state index contributed by atoms with van der Waals surface area (Å²) in [4.78, 5) is 11.5. The standard InChI is InChI=1S/C20H28O4/c1-12(21)23-17-6-5-15-16-4-3-13-11-14(22)7-8-19(13)20(16,24-19)10-9-18(15,17)2/h11,14-17,22H,3-10H2,1-2H3. The van der Waals surface area contributed by atoms with Crippen LogP contribution in [0.5, 0.6) is 0 Å². The number of ether oxygens (including phenoxy) is 2. The molecule has 3 saturated carbocycles. The predicted molar refractivity (Wildman–Crippen MR) is 88.2 cm³/mol. The summed E-state index contributed by atoms with van der Waals surface area (Å²) in [5.74, 6) is 1.05. The van der Waals surface area contributed by atoms with Crippen LogP contribution < -0.4 is 0 Å². The van der Waals surface area contributed by atoms with Crippen molar-refractivity contribution in [1.29, 1.82) is 0 Å². The maximum absolute atomic E-state index is 11.5. The second-order valence-corrected chi connectivity index (χ2v) is 9.05. The average molecular weight is 332 g/mol. The van der Waals surface area contributed by atoms with Crippen molar-refractivity contribution >= 4 is 5.97 Å². The number of aliphatic hydroxyl groups excluding tert-OH is 1. The van der Waals surface area contributed by atoms with Crippen molar-refractivity contribution in [2.45, 2.75) is 88.6 Å². The van der Waals surface area contributed by atoms with Gasteiger partial charge in [-0.2, -0.15) is 0 Å². The molecule has 2 spiro atoms. The fraction of sp³-hybridized carbons (Fsp3) is 0.850. The van der Waals surface area contributed by atoms with Gasteiger partial charge in [-0.25, -0.2) is 0 Å². The number of fused-ring (bicyclic) bond motifs is 2. The zero-order valence-corrected chi connectivity index (χ0v) is 14.7. The molecule has 0 aromatic rings. The van der Waals surface area contributed by atoms with Crippen molar-refractivity contribution in [2.24, 2.45) is 17.3 Å². The number of epoxide rings is 1. The van der Waals surface area contributed by atoms with Crippen molar-refractivity contribution in [3.8, 4) is 0 Å². The van der Waals surface area contributed by atoms with Crippen LogP contribution in [0.15, 0.2) is 11.6 Å². The summed E-state index contributed by atoms with van der Waals surface area (Å²) in [5.41, 5.74) is 1.45. The van der Waals surface area contributed by atoms with Crippen LogP contribution in [0.4, 0.5) is 0 Å². The van der Waals surface area contributed by atoms with Gasteiger partial charge in [0.05, 0.1) is 6.10 Å². The van der Waals surface area contributed by atoms with Gasteiger partial charge < -0.3 is 14.6 Å². The Balaban J connectivity index is 1.47. The Bertz CT molecular complexity index is 627. The smallest absolute Gasteiger partial charge is 0.302 e. The van der Waals surface area contributed by atoms with Crippen LogP contribution in [0.2, 0.25) is 0 Å². The lowest BCUT2D eigenvalue weighted by molar-refractivity contribution is -0.155. The first kappa shape index (κ1) is 15.4. The Hall–Kier alpha value is -0.870. The molecule has 4 fully saturated rings.